The van der Waals surface area contributed by atoms with Gasteiger partial charge in [0.05, 0.1) is 11.2 Å². The molecule has 1 aliphatic carbocycles. The summed E-state index contributed by atoms with van der Waals surface area (Å²) in [6, 6.07) is 8.45. The number of benzene rings is 1. The SMILES string of the molecule is CCn1nc(CNCC2CCCC2Cl)c2ccccc21. The van der Waals surface area contributed by atoms with E-state index in [2.05, 4.69) is 41.2 Å². The molecular formula is C16H22ClN3. The molecule has 0 saturated heterocycles. The number of hydrogen-bond acceptors (Lipinski definition) is 2. The summed E-state index contributed by atoms with van der Waals surface area (Å²) in [5.41, 5.74) is 2.37. The van der Waals surface area contributed by atoms with Crippen LogP contribution in [-0.2, 0) is 13.1 Å². The lowest BCUT2D eigenvalue weighted by Gasteiger charge is -2.13. The molecule has 4 heteroatoms. The number of fused-ring (bicyclic) bond motifs is 1. The molecule has 1 aliphatic rings. The molecule has 1 N–H and O–H groups in total. The molecule has 0 bridgehead atoms. The van der Waals surface area contributed by atoms with Crippen LogP contribution in [0.25, 0.3) is 10.9 Å². The molecular weight excluding hydrogens is 270 g/mol. The third-order valence-electron chi connectivity index (χ3n) is 4.30. The van der Waals surface area contributed by atoms with E-state index in [1.165, 1.54) is 30.2 Å². The predicted octanol–water partition coefficient (Wildman–Crippen LogP) is 3.55. The highest BCUT2D eigenvalue weighted by atomic mass is 35.5. The Bertz CT molecular complexity index is 578. The summed E-state index contributed by atoms with van der Waals surface area (Å²) < 4.78 is 2.08. The van der Waals surface area contributed by atoms with Crippen LogP contribution < -0.4 is 5.32 Å². The fraction of sp³-hybridized carbons (Fsp3) is 0.562. The van der Waals surface area contributed by atoms with Crippen molar-refractivity contribution >= 4 is 22.5 Å². The highest BCUT2D eigenvalue weighted by Crippen LogP contribution is 2.29. The minimum atomic E-state index is 0.354. The molecule has 20 heavy (non-hydrogen) atoms. The highest BCUT2D eigenvalue weighted by Gasteiger charge is 2.24. The summed E-state index contributed by atoms with van der Waals surface area (Å²) in [5, 5.41) is 9.87. The summed E-state index contributed by atoms with van der Waals surface area (Å²) in [6.07, 6.45) is 3.69. The molecule has 108 valence electrons. The van der Waals surface area contributed by atoms with Gasteiger partial charge in [0.2, 0.25) is 0 Å². The first-order chi connectivity index (χ1) is 9.79. The molecule has 3 nitrogen and oxygen atoms in total. The van der Waals surface area contributed by atoms with Crippen LogP contribution in [0.3, 0.4) is 0 Å². The zero-order chi connectivity index (χ0) is 13.9. The van der Waals surface area contributed by atoms with E-state index in [-0.39, 0.29) is 0 Å². The number of aryl methyl sites for hydroxylation is 1. The maximum Gasteiger partial charge on any atom is 0.0841 e. The van der Waals surface area contributed by atoms with Crippen molar-refractivity contribution in [2.24, 2.45) is 5.92 Å². The molecule has 0 spiro atoms. The smallest absolute Gasteiger partial charge is 0.0841 e. The first-order valence-corrected chi connectivity index (χ1v) is 8.02. The van der Waals surface area contributed by atoms with Crippen molar-refractivity contribution in [3.8, 4) is 0 Å². The van der Waals surface area contributed by atoms with Gasteiger partial charge in [-0.15, -0.1) is 11.6 Å². The van der Waals surface area contributed by atoms with Gasteiger partial charge in [0.1, 0.15) is 0 Å². The Labute approximate surface area is 125 Å². The van der Waals surface area contributed by atoms with Gasteiger partial charge in [0.25, 0.3) is 0 Å². The van der Waals surface area contributed by atoms with Crippen molar-refractivity contribution in [1.29, 1.82) is 0 Å². The van der Waals surface area contributed by atoms with Gasteiger partial charge in [-0.2, -0.15) is 5.10 Å². The van der Waals surface area contributed by atoms with Crippen LogP contribution in [-0.4, -0.2) is 21.7 Å². The normalized spacial score (nSPS) is 22.7. The average molecular weight is 292 g/mol. The highest BCUT2D eigenvalue weighted by molar-refractivity contribution is 6.20. The van der Waals surface area contributed by atoms with E-state index in [0.717, 1.165) is 25.3 Å². The third kappa shape index (κ3) is 2.70. The lowest BCUT2D eigenvalue weighted by atomic mass is 10.1. The van der Waals surface area contributed by atoms with E-state index in [1.54, 1.807) is 0 Å². The second-order valence-corrected chi connectivity index (χ2v) is 6.18. The predicted molar refractivity (Wildman–Crippen MR) is 84.1 cm³/mol. The molecule has 1 saturated carbocycles. The van der Waals surface area contributed by atoms with Crippen LogP contribution in [0.15, 0.2) is 24.3 Å². The Morgan fingerprint density at radius 1 is 1.35 bits per heavy atom. The van der Waals surface area contributed by atoms with Crippen molar-refractivity contribution in [2.45, 2.75) is 44.7 Å². The van der Waals surface area contributed by atoms with Crippen LogP contribution in [0.5, 0.6) is 0 Å². The number of rotatable bonds is 5. The standard InChI is InChI=1S/C16H22ClN3/c1-2-20-16-9-4-3-7-13(16)15(19-20)11-18-10-12-6-5-8-14(12)17/h3-4,7,9,12,14,18H,2,5-6,8,10-11H2,1H3. The van der Waals surface area contributed by atoms with Crippen molar-refractivity contribution in [2.75, 3.05) is 6.54 Å². The number of para-hydroxylation sites is 1. The number of nitrogens with zero attached hydrogens (tertiary/aromatic N) is 2. The van der Waals surface area contributed by atoms with Crippen LogP contribution in [0.2, 0.25) is 0 Å². The fourth-order valence-electron chi connectivity index (χ4n) is 3.17. The van der Waals surface area contributed by atoms with Gasteiger partial charge in [0.15, 0.2) is 0 Å². The summed E-state index contributed by atoms with van der Waals surface area (Å²) in [5.74, 6) is 0.621. The van der Waals surface area contributed by atoms with Crippen LogP contribution in [0, 0.1) is 5.92 Å². The molecule has 1 heterocycles. The molecule has 1 aromatic heterocycles. The molecule has 1 fully saturated rings. The lowest BCUT2D eigenvalue weighted by molar-refractivity contribution is 0.490. The molecule has 2 atom stereocenters. The summed E-state index contributed by atoms with van der Waals surface area (Å²) in [6.45, 7) is 4.87. The summed E-state index contributed by atoms with van der Waals surface area (Å²) >= 11 is 6.32. The first-order valence-electron chi connectivity index (χ1n) is 7.58. The van der Waals surface area contributed by atoms with E-state index >= 15 is 0 Å². The summed E-state index contributed by atoms with van der Waals surface area (Å²) in [4.78, 5) is 0. The maximum atomic E-state index is 6.32. The number of halogens is 1. The van der Waals surface area contributed by atoms with E-state index in [9.17, 15) is 0 Å². The second kappa shape index (κ2) is 6.15. The number of nitrogens with one attached hydrogen (secondary N) is 1. The van der Waals surface area contributed by atoms with Crippen LogP contribution in [0.1, 0.15) is 31.9 Å². The van der Waals surface area contributed by atoms with Gasteiger partial charge in [-0.1, -0.05) is 24.6 Å². The number of hydrogen-bond donors (Lipinski definition) is 1. The average Bonchev–Trinajstić information content (AvgIpc) is 3.04. The molecule has 0 aliphatic heterocycles. The Hall–Kier alpha value is -1.06. The van der Waals surface area contributed by atoms with Crippen molar-refractivity contribution in [3.05, 3.63) is 30.0 Å². The van der Waals surface area contributed by atoms with Gasteiger partial charge in [-0.3, -0.25) is 4.68 Å². The molecule has 0 amide bonds. The molecule has 1 aromatic carbocycles. The molecule has 3 rings (SSSR count). The quantitative estimate of drug-likeness (QED) is 0.854. The zero-order valence-electron chi connectivity index (χ0n) is 12.0. The number of alkyl halides is 1. The fourth-order valence-corrected chi connectivity index (χ4v) is 3.53. The van der Waals surface area contributed by atoms with Gasteiger partial charge in [0, 0.05) is 23.9 Å². The van der Waals surface area contributed by atoms with E-state index in [1.807, 2.05) is 0 Å². The largest absolute Gasteiger partial charge is 0.311 e. The topological polar surface area (TPSA) is 29.9 Å². The van der Waals surface area contributed by atoms with Crippen LogP contribution >= 0.6 is 11.6 Å². The first kappa shape index (κ1) is 13.9. The number of aromatic nitrogens is 2. The van der Waals surface area contributed by atoms with E-state index in [0.29, 0.717) is 11.3 Å². The monoisotopic (exact) mass is 291 g/mol. The third-order valence-corrected chi connectivity index (χ3v) is 4.87. The van der Waals surface area contributed by atoms with Crippen molar-refractivity contribution in [3.63, 3.8) is 0 Å². The summed E-state index contributed by atoms with van der Waals surface area (Å²) in [7, 11) is 0. The molecule has 0 radical (unpaired) electrons. The van der Waals surface area contributed by atoms with E-state index in [4.69, 9.17) is 16.7 Å². The lowest BCUT2D eigenvalue weighted by Crippen LogP contribution is -2.25. The Morgan fingerprint density at radius 2 is 2.20 bits per heavy atom. The van der Waals surface area contributed by atoms with Gasteiger partial charge in [-0.05, 0) is 38.3 Å². The minimum Gasteiger partial charge on any atom is -0.311 e. The van der Waals surface area contributed by atoms with Crippen molar-refractivity contribution < 1.29 is 0 Å². The van der Waals surface area contributed by atoms with Crippen LogP contribution in [0.4, 0.5) is 0 Å². The maximum absolute atomic E-state index is 6.32. The minimum absolute atomic E-state index is 0.354. The van der Waals surface area contributed by atoms with Gasteiger partial charge >= 0.3 is 0 Å². The zero-order valence-corrected chi connectivity index (χ0v) is 12.7. The van der Waals surface area contributed by atoms with Gasteiger partial charge < -0.3 is 5.32 Å². The van der Waals surface area contributed by atoms with Gasteiger partial charge in [-0.25, -0.2) is 0 Å². The van der Waals surface area contributed by atoms with Crippen molar-refractivity contribution in [1.82, 2.24) is 15.1 Å². The van der Waals surface area contributed by atoms with E-state index < -0.39 is 0 Å². The Morgan fingerprint density at radius 3 is 2.95 bits per heavy atom. The Balaban J connectivity index is 1.68. The Kier molecular flexibility index (Phi) is 4.27. The molecule has 2 unspecified atom stereocenters. The molecule has 2 aromatic rings. The second-order valence-electron chi connectivity index (χ2n) is 5.62.